The molecule has 0 aliphatic carbocycles. The first-order chi connectivity index (χ1) is 13.4. The van der Waals surface area contributed by atoms with Crippen molar-refractivity contribution in [3.63, 3.8) is 0 Å². The van der Waals surface area contributed by atoms with Crippen LogP contribution in [-0.4, -0.2) is 37.6 Å². The quantitative estimate of drug-likeness (QED) is 0.686. The molecule has 1 amide bonds. The van der Waals surface area contributed by atoms with Crippen LogP contribution < -0.4 is 5.32 Å². The van der Waals surface area contributed by atoms with Gasteiger partial charge in [-0.25, -0.2) is 9.37 Å². The van der Waals surface area contributed by atoms with Gasteiger partial charge in [0.05, 0.1) is 24.2 Å². The van der Waals surface area contributed by atoms with Crippen LogP contribution in [0.25, 0.3) is 11.5 Å². The molecule has 0 saturated heterocycles. The van der Waals surface area contributed by atoms with E-state index in [9.17, 15) is 9.18 Å². The second-order valence-corrected chi connectivity index (χ2v) is 7.06. The van der Waals surface area contributed by atoms with Gasteiger partial charge in [0.2, 0.25) is 11.7 Å². The summed E-state index contributed by atoms with van der Waals surface area (Å²) in [5.41, 5.74) is 1.42. The Balaban J connectivity index is 1.72. The van der Waals surface area contributed by atoms with Crippen LogP contribution in [0, 0.1) is 5.82 Å². The molecule has 0 radical (unpaired) electrons. The highest BCUT2D eigenvalue weighted by atomic mass is 19.1. The molecule has 0 atom stereocenters. The Kier molecular flexibility index (Phi) is 4.21. The number of halogens is 1. The molecule has 0 fully saturated rings. The number of nitrogens with zero attached hydrogens (tertiary/aromatic N) is 6. The van der Waals surface area contributed by atoms with Crippen molar-refractivity contribution < 1.29 is 9.18 Å². The highest BCUT2D eigenvalue weighted by Crippen LogP contribution is 2.34. The fourth-order valence-corrected chi connectivity index (χ4v) is 3.05. The maximum Gasteiger partial charge on any atom is 0.237 e. The van der Waals surface area contributed by atoms with Gasteiger partial charge in [-0.3, -0.25) is 14.5 Å². The van der Waals surface area contributed by atoms with Crippen LogP contribution >= 0.6 is 0 Å². The number of hydrogen-bond donors (Lipinski definition) is 1. The molecule has 142 valence electrons. The highest BCUT2D eigenvalue weighted by molar-refractivity contribution is 6.03. The molecule has 1 aliphatic rings. The van der Waals surface area contributed by atoms with E-state index in [1.807, 2.05) is 0 Å². The van der Waals surface area contributed by atoms with Gasteiger partial charge in [-0.1, -0.05) is 18.2 Å². The molecule has 0 bridgehead atoms. The van der Waals surface area contributed by atoms with Crippen LogP contribution in [0.15, 0.2) is 35.3 Å². The SMILES string of the molecule is C=NCc1cc(-c2nnc3c(n2)NC(=O)C3(C)C)nn1Cc1ccccc1F. The second kappa shape index (κ2) is 6.59. The van der Waals surface area contributed by atoms with Gasteiger partial charge in [-0.15, -0.1) is 10.2 Å². The third-order valence-electron chi connectivity index (χ3n) is 4.72. The molecule has 3 heterocycles. The average Bonchev–Trinajstić information content (AvgIpc) is 3.16. The van der Waals surface area contributed by atoms with Crippen LogP contribution in [-0.2, 0) is 23.3 Å². The lowest BCUT2D eigenvalue weighted by molar-refractivity contribution is -0.119. The Labute approximate surface area is 160 Å². The molecule has 1 aliphatic heterocycles. The van der Waals surface area contributed by atoms with E-state index in [1.54, 1.807) is 42.8 Å². The molecule has 28 heavy (non-hydrogen) atoms. The standard InChI is InChI=1S/C19H18FN7O/c1-19(2)15-17(23-18(19)28)22-16(25-24-15)14-8-12(9-21-3)27(26-14)10-11-6-4-5-7-13(11)20/h4-8H,3,9-10H2,1-2H3,(H,22,23,25,28). The maximum atomic E-state index is 14.0. The number of amides is 1. The summed E-state index contributed by atoms with van der Waals surface area (Å²) in [6.45, 7) is 7.59. The minimum Gasteiger partial charge on any atom is -0.308 e. The fourth-order valence-electron chi connectivity index (χ4n) is 3.05. The van der Waals surface area contributed by atoms with Crippen molar-refractivity contribution in [1.29, 1.82) is 0 Å². The number of fused-ring (bicyclic) bond motifs is 1. The zero-order chi connectivity index (χ0) is 19.9. The molecule has 4 rings (SSSR count). The van der Waals surface area contributed by atoms with E-state index < -0.39 is 5.41 Å². The number of hydrogen-bond acceptors (Lipinski definition) is 6. The van der Waals surface area contributed by atoms with Gasteiger partial charge in [0.1, 0.15) is 17.2 Å². The van der Waals surface area contributed by atoms with E-state index in [1.165, 1.54) is 6.07 Å². The number of carbonyl (C=O) groups is 1. The van der Waals surface area contributed by atoms with Crippen molar-refractivity contribution in [1.82, 2.24) is 25.0 Å². The highest BCUT2D eigenvalue weighted by Gasteiger charge is 2.41. The molecule has 0 unspecified atom stereocenters. The summed E-state index contributed by atoms with van der Waals surface area (Å²) >= 11 is 0. The lowest BCUT2D eigenvalue weighted by Gasteiger charge is -2.11. The van der Waals surface area contributed by atoms with Crippen molar-refractivity contribution in [2.24, 2.45) is 4.99 Å². The van der Waals surface area contributed by atoms with E-state index in [2.05, 4.69) is 37.3 Å². The Morgan fingerprint density at radius 2 is 2.07 bits per heavy atom. The summed E-state index contributed by atoms with van der Waals surface area (Å²) < 4.78 is 15.7. The van der Waals surface area contributed by atoms with Gasteiger partial charge in [-0.2, -0.15) is 5.10 Å². The summed E-state index contributed by atoms with van der Waals surface area (Å²) in [7, 11) is 0. The van der Waals surface area contributed by atoms with Crippen molar-refractivity contribution in [3.8, 4) is 11.5 Å². The zero-order valence-electron chi connectivity index (χ0n) is 15.5. The zero-order valence-corrected chi connectivity index (χ0v) is 15.5. The predicted octanol–water partition coefficient (Wildman–Crippen LogP) is 2.35. The molecule has 0 spiro atoms. The molecule has 9 heteroatoms. The third-order valence-corrected chi connectivity index (χ3v) is 4.72. The molecule has 2 aromatic heterocycles. The molecule has 0 saturated carbocycles. The van der Waals surface area contributed by atoms with Gasteiger partial charge in [0.25, 0.3) is 0 Å². The summed E-state index contributed by atoms with van der Waals surface area (Å²) in [6.07, 6.45) is 0. The smallest absolute Gasteiger partial charge is 0.237 e. The van der Waals surface area contributed by atoms with Crippen LogP contribution in [0.2, 0.25) is 0 Å². The summed E-state index contributed by atoms with van der Waals surface area (Å²) in [6, 6.07) is 8.28. The number of carbonyl (C=O) groups excluding carboxylic acids is 1. The topological polar surface area (TPSA) is 97.9 Å². The molecular formula is C19H18FN7O. The predicted molar refractivity (Wildman–Crippen MR) is 101 cm³/mol. The minimum atomic E-state index is -0.782. The van der Waals surface area contributed by atoms with Crippen molar-refractivity contribution in [3.05, 3.63) is 53.1 Å². The van der Waals surface area contributed by atoms with Gasteiger partial charge in [-0.05, 0) is 32.7 Å². The summed E-state index contributed by atoms with van der Waals surface area (Å²) in [5.74, 6) is 0.168. The first kappa shape index (κ1) is 17.9. The number of anilines is 1. The summed E-state index contributed by atoms with van der Waals surface area (Å²) in [4.78, 5) is 20.4. The van der Waals surface area contributed by atoms with E-state index in [0.29, 0.717) is 29.3 Å². The molecule has 1 N–H and O–H groups in total. The normalized spacial score (nSPS) is 14.6. The number of benzene rings is 1. The van der Waals surface area contributed by atoms with Crippen LogP contribution in [0.4, 0.5) is 10.2 Å². The van der Waals surface area contributed by atoms with E-state index in [-0.39, 0.29) is 24.1 Å². The monoisotopic (exact) mass is 379 g/mol. The number of aliphatic imine (C=N–C) groups is 1. The maximum absolute atomic E-state index is 14.0. The van der Waals surface area contributed by atoms with Gasteiger partial charge >= 0.3 is 0 Å². The fraction of sp³-hybridized carbons (Fsp3) is 0.263. The summed E-state index contributed by atoms with van der Waals surface area (Å²) in [5, 5.41) is 15.5. The molecule has 1 aromatic carbocycles. The number of nitrogens with one attached hydrogen (secondary N) is 1. The van der Waals surface area contributed by atoms with Crippen molar-refractivity contribution in [2.45, 2.75) is 32.4 Å². The minimum absolute atomic E-state index is 0.178. The van der Waals surface area contributed by atoms with Crippen LogP contribution in [0.3, 0.4) is 0 Å². The first-order valence-corrected chi connectivity index (χ1v) is 8.70. The van der Waals surface area contributed by atoms with E-state index in [4.69, 9.17) is 0 Å². The Bertz CT molecular complexity index is 1090. The van der Waals surface area contributed by atoms with Gasteiger partial charge < -0.3 is 5.32 Å². The Morgan fingerprint density at radius 1 is 1.29 bits per heavy atom. The second-order valence-electron chi connectivity index (χ2n) is 7.06. The molecule has 8 nitrogen and oxygen atoms in total. The van der Waals surface area contributed by atoms with Gasteiger partial charge in [0.15, 0.2) is 5.82 Å². The number of aromatic nitrogens is 5. The Morgan fingerprint density at radius 3 is 2.82 bits per heavy atom. The van der Waals surface area contributed by atoms with E-state index in [0.717, 1.165) is 5.69 Å². The van der Waals surface area contributed by atoms with Crippen LogP contribution in [0.5, 0.6) is 0 Å². The van der Waals surface area contributed by atoms with Gasteiger partial charge in [0, 0.05) is 5.56 Å². The number of rotatable bonds is 5. The van der Waals surface area contributed by atoms with Crippen LogP contribution in [0.1, 0.15) is 30.8 Å². The van der Waals surface area contributed by atoms with Crippen molar-refractivity contribution in [2.75, 3.05) is 5.32 Å². The lowest BCUT2D eigenvalue weighted by atomic mass is 9.91. The third kappa shape index (κ3) is 2.94. The lowest BCUT2D eigenvalue weighted by Crippen LogP contribution is -2.27. The first-order valence-electron chi connectivity index (χ1n) is 8.70. The average molecular weight is 379 g/mol. The Hall–Kier alpha value is -3.49. The largest absolute Gasteiger partial charge is 0.308 e. The molecular weight excluding hydrogens is 361 g/mol. The van der Waals surface area contributed by atoms with Crippen molar-refractivity contribution >= 4 is 18.4 Å². The molecule has 3 aromatic rings. The van der Waals surface area contributed by atoms with E-state index >= 15 is 0 Å².